The van der Waals surface area contributed by atoms with Crippen molar-refractivity contribution in [1.82, 2.24) is 14.3 Å². The van der Waals surface area contributed by atoms with Crippen molar-refractivity contribution < 1.29 is 26.4 Å². The quantitative estimate of drug-likeness (QED) is 0.841. The smallest absolute Gasteiger partial charge is 0.341 e. The van der Waals surface area contributed by atoms with E-state index in [0.717, 1.165) is 12.1 Å². The molecule has 126 valence electrons. The fraction of sp³-hybridized carbons (Fsp3) is 0.143. The Morgan fingerprint density at radius 3 is 2.42 bits per heavy atom. The Hall–Kier alpha value is -2.80. The summed E-state index contributed by atoms with van der Waals surface area (Å²) in [6.07, 6.45) is 1.19. The third kappa shape index (κ3) is 3.57. The molecule has 6 nitrogen and oxygen atoms in total. The Balaban J connectivity index is 2.29. The van der Waals surface area contributed by atoms with Crippen LogP contribution in [0.25, 0.3) is 0 Å². The first-order chi connectivity index (χ1) is 11.2. The van der Waals surface area contributed by atoms with E-state index in [-0.39, 0.29) is 17.0 Å². The van der Waals surface area contributed by atoms with Crippen molar-refractivity contribution in [1.29, 1.82) is 0 Å². The highest BCUT2D eigenvalue weighted by Crippen LogP contribution is 2.28. The Kier molecular flexibility index (Phi) is 4.66. The molecule has 0 atom stereocenters. The van der Waals surface area contributed by atoms with Gasteiger partial charge < -0.3 is 5.32 Å². The van der Waals surface area contributed by atoms with Crippen molar-refractivity contribution in [2.75, 3.05) is 6.54 Å². The lowest BCUT2D eigenvalue weighted by atomic mass is 10.2. The van der Waals surface area contributed by atoms with Gasteiger partial charge in [-0.1, -0.05) is 5.92 Å². The van der Waals surface area contributed by atoms with Gasteiger partial charge in [0.1, 0.15) is 6.33 Å². The molecule has 24 heavy (non-hydrogen) atoms. The molecule has 0 saturated heterocycles. The predicted molar refractivity (Wildman–Crippen MR) is 77.4 cm³/mol. The third-order valence-corrected chi connectivity index (χ3v) is 4.52. The maximum Gasteiger partial charge on any atom is 0.434 e. The molecule has 1 N–H and O–H groups in total. The minimum absolute atomic E-state index is 0.00807. The van der Waals surface area contributed by atoms with Gasteiger partial charge in [0.15, 0.2) is 5.69 Å². The predicted octanol–water partition coefficient (Wildman–Crippen LogP) is 1.50. The zero-order chi connectivity index (χ0) is 18.0. The number of aromatic nitrogens is 2. The number of terminal acetylenes is 1. The van der Waals surface area contributed by atoms with Crippen molar-refractivity contribution in [3.63, 3.8) is 0 Å². The maximum absolute atomic E-state index is 12.5. The van der Waals surface area contributed by atoms with Gasteiger partial charge in [0.05, 0.1) is 17.6 Å². The number of carbonyl (C=O) groups excluding carboxylic acids is 1. The molecule has 0 unspecified atom stereocenters. The van der Waals surface area contributed by atoms with Crippen LogP contribution in [0, 0.1) is 12.3 Å². The Labute approximate surface area is 135 Å². The van der Waals surface area contributed by atoms with Crippen LogP contribution < -0.4 is 5.32 Å². The van der Waals surface area contributed by atoms with Crippen LogP contribution in [0.4, 0.5) is 13.2 Å². The molecule has 1 amide bonds. The number of amides is 1. The fourth-order valence-corrected chi connectivity index (χ4v) is 2.85. The lowest BCUT2D eigenvalue weighted by molar-refractivity contribution is -0.140. The number of benzene rings is 1. The average Bonchev–Trinajstić information content (AvgIpc) is 3.03. The van der Waals surface area contributed by atoms with Crippen LogP contribution in [0.15, 0.2) is 41.7 Å². The second-order valence-corrected chi connectivity index (χ2v) is 6.35. The van der Waals surface area contributed by atoms with Gasteiger partial charge in [0.2, 0.25) is 0 Å². The van der Waals surface area contributed by atoms with Crippen molar-refractivity contribution in [3.8, 4) is 12.3 Å². The van der Waals surface area contributed by atoms with Crippen LogP contribution in [-0.2, 0) is 16.2 Å². The van der Waals surface area contributed by atoms with Gasteiger partial charge in [-0.05, 0) is 24.3 Å². The van der Waals surface area contributed by atoms with Crippen LogP contribution in [0.5, 0.6) is 0 Å². The second kappa shape index (κ2) is 6.37. The molecule has 1 heterocycles. The number of carbonyl (C=O) groups is 1. The van der Waals surface area contributed by atoms with Gasteiger partial charge in [-0.3, -0.25) is 4.79 Å². The van der Waals surface area contributed by atoms with Crippen molar-refractivity contribution >= 4 is 15.9 Å². The Bertz CT molecular complexity index is 894. The number of rotatable bonds is 4. The summed E-state index contributed by atoms with van der Waals surface area (Å²) in [5.41, 5.74) is -1.16. The lowest BCUT2D eigenvalue weighted by Gasteiger charge is -2.06. The number of hydrogen-bond donors (Lipinski definition) is 1. The highest BCUT2D eigenvalue weighted by molar-refractivity contribution is 7.90. The molecule has 2 aromatic rings. The number of nitrogens with one attached hydrogen (secondary N) is 1. The number of nitrogens with zero attached hydrogens (tertiary/aromatic N) is 2. The minimum atomic E-state index is -4.75. The van der Waals surface area contributed by atoms with Crippen LogP contribution >= 0.6 is 0 Å². The van der Waals surface area contributed by atoms with E-state index in [9.17, 15) is 26.4 Å². The molecule has 0 spiro atoms. The summed E-state index contributed by atoms with van der Waals surface area (Å²) in [6, 6.07) is 4.65. The van der Waals surface area contributed by atoms with Gasteiger partial charge in [-0.25, -0.2) is 17.4 Å². The zero-order valence-corrected chi connectivity index (χ0v) is 12.7. The summed E-state index contributed by atoms with van der Waals surface area (Å²) >= 11 is 0. The monoisotopic (exact) mass is 357 g/mol. The van der Waals surface area contributed by atoms with Gasteiger partial charge in [-0.2, -0.15) is 13.2 Å². The molecule has 0 radical (unpaired) electrons. The summed E-state index contributed by atoms with van der Waals surface area (Å²) in [5.74, 6) is 1.71. The fourth-order valence-electron chi connectivity index (χ4n) is 1.72. The standard InChI is InChI=1S/C14H10F3N3O3S/c1-2-7-18-13(21)10-3-5-11(6-4-10)24(22,23)20-8-12(19-9-20)14(15,16)17/h1,3-6,8-9H,7H2,(H,18,21). The van der Waals surface area contributed by atoms with Crippen molar-refractivity contribution in [2.45, 2.75) is 11.1 Å². The highest BCUT2D eigenvalue weighted by atomic mass is 32.2. The topological polar surface area (TPSA) is 81.1 Å². The first kappa shape index (κ1) is 17.6. The number of halogens is 3. The molecular weight excluding hydrogens is 347 g/mol. The summed E-state index contributed by atoms with van der Waals surface area (Å²) in [7, 11) is -4.25. The zero-order valence-electron chi connectivity index (χ0n) is 11.9. The second-order valence-electron chi connectivity index (χ2n) is 4.50. The Morgan fingerprint density at radius 2 is 1.92 bits per heavy atom. The molecule has 2 rings (SSSR count). The molecule has 0 fully saturated rings. The maximum atomic E-state index is 12.5. The van der Waals surface area contributed by atoms with E-state index in [1.54, 1.807) is 0 Å². The number of alkyl halides is 3. The number of imidazole rings is 1. The van der Waals surface area contributed by atoms with Crippen LogP contribution in [0.3, 0.4) is 0 Å². The number of hydrogen-bond acceptors (Lipinski definition) is 4. The highest BCUT2D eigenvalue weighted by Gasteiger charge is 2.34. The lowest BCUT2D eigenvalue weighted by Crippen LogP contribution is -2.23. The van der Waals surface area contributed by atoms with E-state index in [0.29, 0.717) is 16.5 Å². The van der Waals surface area contributed by atoms with E-state index >= 15 is 0 Å². The summed E-state index contributed by atoms with van der Waals surface area (Å²) < 4.78 is 62.4. The van der Waals surface area contributed by atoms with Gasteiger partial charge in [-0.15, -0.1) is 6.42 Å². The average molecular weight is 357 g/mol. The molecule has 0 aliphatic rings. The summed E-state index contributed by atoms with van der Waals surface area (Å²) in [4.78, 5) is 14.4. The van der Waals surface area contributed by atoms with E-state index < -0.39 is 27.8 Å². The molecule has 1 aromatic carbocycles. The Morgan fingerprint density at radius 1 is 1.29 bits per heavy atom. The van der Waals surface area contributed by atoms with Crippen LogP contribution in [0.2, 0.25) is 0 Å². The van der Waals surface area contributed by atoms with Crippen LogP contribution in [-0.4, -0.2) is 29.8 Å². The first-order valence-electron chi connectivity index (χ1n) is 6.35. The molecule has 1 aromatic heterocycles. The largest absolute Gasteiger partial charge is 0.434 e. The molecule has 0 aliphatic heterocycles. The van der Waals surface area contributed by atoms with Crippen molar-refractivity contribution in [3.05, 3.63) is 48.0 Å². The summed E-state index contributed by atoms with van der Waals surface area (Å²) in [6.45, 7) is 0.00807. The first-order valence-corrected chi connectivity index (χ1v) is 7.79. The molecule has 0 saturated carbocycles. The molecule has 10 heteroatoms. The van der Waals surface area contributed by atoms with E-state index in [1.807, 2.05) is 0 Å². The van der Waals surface area contributed by atoms with Gasteiger partial charge in [0, 0.05) is 5.56 Å². The van der Waals surface area contributed by atoms with Gasteiger partial charge >= 0.3 is 6.18 Å². The van der Waals surface area contributed by atoms with E-state index in [1.165, 1.54) is 12.1 Å². The molecule has 0 bridgehead atoms. The van der Waals surface area contributed by atoms with E-state index in [4.69, 9.17) is 6.42 Å². The minimum Gasteiger partial charge on any atom is -0.341 e. The molecule has 0 aliphatic carbocycles. The summed E-state index contributed by atoms with van der Waals surface area (Å²) in [5, 5.41) is 2.39. The SMILES string of the molecule is C#CCNC(=O)c1ccc(S(=O)(=O)n2cnc(C(F)(F)F)c2)cc1. The third-order valence-electron chi connectivity index (χ3n) is 2.89. The van der Waals surface area contributed by atoms with Crippen molar-refractivity contribution in [2.24, 2.45) is 0 Å². The van der Waals surface area contributed by atoms with E-state index in [2.05, 4.69) is 16.2 Å². The van der Waals surface area contributed by atoms with Crippen LogP contribution in [0.1, 0.15) is 16.1 Å². The molecular formula is C14H10F3N3O3S. The van der Waals surface area contributed by atoms with Gasteiger partial charge in [0.25, 0.3) is 15.9 Å². The normalized spacial score (nSPS) is 11.8.